The van der Waals surface area contributed by atoms with E-state index in [4.69, 9.17) is 9.47 Å². The van der Waals surface area contributed by atoms with Gasteiger partial charge in [-0.2, -0.15) is 0 Å². The van der Waals surface area contributed by atoms with Crippen LogP contribution >= 0.6 is 0 Å². The van der Waals surface area contributed by atoms with Crippen LogP contribution in [0, 0.1) is 5.82 Å². The van der Waals surface area contributed by atoms with E-state index in [1.807, 2.05) is 4.90 Å². The molecule has 2 heterocycles. The zero-order chi connectivity index (χ0) is 17.9. The lowest BCUT2D eigenvalue weighted by molar-refractivity contribution is -0.147. The van der Waals surface area contributed by atoms with Gasteiger partial charge in [0.05, 0.1) is 19.9 Å². The van der Waals surface area contributed by atoms with Crippen molar-refractivity contribution in [2.75, 3.05) is 31.6 Å². The first-order chi connectivity index (χ1) is 11.2. The molecule has 1 fully saturated rings. The summed E-state index contributed by atoms with van der Waals surface area (Å²) in [4.78, 5) is 31.6. The van der Waals surface area contributed by atoms with Crippen LogP contribution in [0.1, 0.15) is 20.8 Å². The summed E-state index contributed by atoms with van der Waals surface area (Å²) in [5.41, 5.74) is -0.659. The molecule has 8 heteroatoms. The molecular weight excluding hydrogens is 317 g/mol. The third-order valence-corrected chi connectivity index (χ3v) is 3.52. The molecule has 24 heavy (non-hydrogen) atoms. The number of hydrogen-bond donors (Lipinski definition) is 0. The van der Waals surface area contributed by atoms with E-state index in [1.54, 1.807) is 20.8 Å². The average Bonchev–Trinajstić information content (AvgIpc) is 2.52. The molecule has 132 valence electrons. The van der Waals surface area contributed by atoms with E-state index < -0.39 is 29.5 Å². The number of amides is 1. The molecule has 1 saturated heterocycles. The Morgan fingerprint density at radius 1 is 1.29 bits per heavy atom. The van der Waals surface area contributed by atoms with E-state index in [1.165, 1.54) is 24.1 Å². The lowest BCUT2D eigenvalue weighted by Gasteiger charge is -2.40. The van der Waals surface area contributed by atoms with E-state index >= 15 is 0 Å². The Morgan fingerprint density at radius 2 is 2.00 bits per heavy atom. The van der Waals surface area contributed by atoms with Gasteiger partial charge < -0.3 is 14.4 Å². The molecule has 1 aromatic rings. The third-order valence-electron chi connectivity index (χ3n) is 3.52. The van der Waals surface area contributed by atoms with Crippen LogP contribution in [0.15, 0.2) is 18.3 Å². The van der Waals surface area contributed by atoms with Gasteiger partial charge >= 0.3 is 12.1 Å². The van der Waals surface area contributed by atoms with Crippen molar-refractivity contribution in [3.05, 3.63) is 24.1 Å². The number of hydrogen-bond acceptors (Lipinski definition) is 6. The van der Waals surface area contributed by atoms with Crippen molar-refractivity contribution >= 4 is 17.9 Å². The number of pyridine rings is 1. The molecule has 0 N–H and O–H groups in total. The fraction of sp³-hybridized carbons (Fsp3) is 0.562. The summed E-state index contributed by atoms with van der Waals surface area (Å²) in [5, 5.41) is 0. The number of nitrogens with zero attached hydrogens (tertiary/aromatic N) is 3. The second kappa shape index (κ2) is 7.02. The molecule has 0 aliphatic carbocycles. The molecule has 0 bridgehead atoms. The zero-order valence-electron chi connectivity index (χ0n) is 14.3. The first-order valence-corrected chi connectivity index (χ1v) is 7.65. The highest BCUT2D eigenvalue weighted by Gasteiger charge is 2.38. The number of aromatic nitrogens is 1. The number of carbonyl (C=O) groups is 2. The van der Waals surface area contributed by atoms with Crippen LogP contribution in [0.2, 0.25) is 0 Å². The predicted molar refractivity (Wildman–Crippen MR) is 85.2 cm³/mol. The van der Waals surface area contributed by atoms with Crippen LogP contribution in [-0.2, 0) is 14.3 Å². The molecule has 1 atom stereocenters. The van der Waals surface area contributed by atoms with E-state index in [9.17, 15) is 14.0 Å². The summed E-state index contributed by atoms with van der Waals surface area (Å²) >= 11 is 0. The van der Waals surface area contributed by atoms with Gasteiger partial charge in [0.1, 0.15) is 17.2 Å². The van der Waals surface area contributed by atoms with Gasteiger partial charge in [0.2, 0.25) is 0 Å². The summed E-state index contributed by atoms with van der Waals surface area (Å²) in [6.45, 7) is 6.20. The summed E-state index contributed by atoms with van der Waals surface area (Å²) < 4.78 is 23.2. The number of rotatable bonds is 2. The molecule has 0 saturated carbocycles. The smallest absolute Gasteiger partial charge is 0.411 e. The molecule has 1 aromatic heterocycles. The lowest BCUT2D eigenvalue weighted by Crippen LogP contribution is -2.59. The second-order valence-corrected chi connectivity index (χ2v) is 6.49. The minimum Gasteiger partial charge on any atom is -0.467 e. The van der Waals surface area contributed by atoms with Crippen LogP contribution < -0.4 is 4.90 Å². The molecule has 7 nitrogen and oxygen atoms in total. The molecule has 0 radical (unpaired) electrons. The second-order valence-electron chi connectivity index (χ2n) is 6.49. The van der Waals surface area contributed by atoms with Crippen molar-refractivity contribution in [1.82, 2.24) is 9.88 Å². The third kappa shape index (κ3) is 4.33. The summed E-state index contributed by atoms with van der Waals surface area (Å²) in [6, 6.07) is 2.02. The van der Waals surface area contributed by atoms with Gasteiger partial charge in [-0.05, 0) is 32.9 Å². The highest BCUT2D eigenvalue weighted by atomic mass is 19.1. The topological polar surface area (TPSA) is 72.0 Å². The van der Waals surface area contributed by atoms with Crippen molar-refractivity contribution < 1.29 is 23.5 Å². The Kier molecular flexibility index (Phi) is 5.26. The van der Waals surface area contributed by atoms with E-state index in [2.05, 4.69) is 4.98 Å². The maximum atomic E-state index is 13.0. The molecule has 1 aliphatic rings. The maximum absolute atomic E-state index is 13.0. The SMILES string of the molecule is COC(=O)[C@H]1CN(c2ccc(F)cn2)CCN1C(=O)OC(C)(C)C. The Bertz CT molecular complexity index is 600. The molecule has 1 amide bonds. The Hall–Kier alpha value is -2.38. The fourth-order valence-electron chi connectivity index (χ4n) is 2.42. The first kappa shape index (κ1) is 18.0. The van der Waals surface area contributed by atoms with E-state index in [-0.39, 0.29) is 13.1 Å². The van der Waals surface area contributed by atoms with Crippen molar-refractivity contribution in [2.24, 2.45) is 0 Å². The minimum atomic E-state index is -0.814. The highest BCUT2D eigenvalue weighted by Crippen LogP contribution is 2.20. The fourth-order valence-corrected chi connectivity index (χ4v) is 2.42. The van der Waals surface area contributed by atoms with Crippen molar-refractivity contribution in [3.8, 4) is 0 Å². The van der Waals surface area contributed by atoms with Gasteiger partial charge in [-0.1, -0.05) is 0 Å². The Labute approximate surface area is 140 Å². The number of methoxy groups -OCH3 is 1. The molecular formula is C16H22FN3O4. The highest BCUT2D eigenvalue weighted by molar-refractivity contribution is 5.82. The summed E-state index contributed by atoms with van der Waals surface area (Å²) in [5.74, 6) is -0.433. The van der Waals surface area contributed by atoms with E-state index in [0.29, 0.717) is 12.4 Å². The van der Waals surface area contributed by atoms with Crippen LogP contribution in [0.4, 0.5) is 15.0 Å². The normalized spacial score (nSPS) is 18.3. The lowest BCUT2D eigenvalue weighted by atomic mass is 10.1. The van der Waals surface area contributed by atoms with Crippen molar-refractivity contribution in [1.29, 1.82) is 0 Å². The monoisotopic (exact) mass is 339 g/mol. The van der Waals surface area contributed by atoms with Crippen molar-refractivity contribution in [3.63, 3.8) is 0 Å². The van der Waals surface area contributed by atoms with Gasteiger partial charge in [0.15, 0.2) is 6.04 Å². The van der Waals surface area contributed by atoms with Gasteiger partial charge in [-0.3, -0.25) is 4.90 Å². The van der Waals surface area contributed by atoms with Crippen molar-refractivity contribution in [2.45, 2.75) is 32.4 Å². The standard InChI is InChI=1S/C16H22FN3O4/c1-16(2,3)24-15(22)20-8-7-19(10-12(20)14(21)23-4)13-6-5-11(17)9-18-13/h5-6,9,12H,7-8,10H2,1-4H3/t12-/m1/s1. The number of halogens is 1. The first-order valence-electron chi connectivity index (χ1n) is 7.65. The Balaban J connectivity index is 2.16. The molecule has 0 aromatic carbocycles. The quantitative estimate of drug-likeness (QED) is 0.766. The van der Waals surface area contributed by atoms with Gasteiger partial charge in [-0.15, -0.1) is 0 Å². The van der Waals surface area contributed by atoms with Crippen LogP contribution in [0.25, 0.3) is 0 Å². The largest absolute Gasteiger partial charge is 0.467 e. The van der Waals surface area contributed by atoms with Crippen LogP contribution in [-0.4, -0.2) is 60.3 Å². The average molecular weight is 339 g/mol. The molecule has 2 rings (SSSR count). The van der Waals surface area contributed by atoms with E-state index in [0.717, 1.165) is 6.20 Å². The van der Waals surface area contributed by atoms with Gasteiger partial charge in [0.25, 0.3) is 0 Å². The minimum absolute atomic E-state index is 0.199. The summed E-state index contributed by atoms with van der Waals surface area (Å²) in [7, 11) is 1.27. The van der Waals surface area contributed by atoms with Crippen LogP contribution in [0.5, 0.6) is 0 Å². The predicted octanol–water partition coefficient (Wildman–Crippen LogP) is 1.82. The van der Waals surface area contributed by atoms with Crippen LogP contribution in [0.3, 0.4) is 0 Å². The molecule has 0 unspecified atom stereocenters. The number of esters is 1. The number of anilines is 1. The maximum Gasteiger partial charge on any atom is 0.411 e. The molecule has 0 spiro atoms. The zero-order valence-corrected chi connectivity index (χ0v) is 14.3. The van der Waals surface area contributed by atoms with Gasteiger partial charge in [0, 0.05) is 13.1 Å². The summed E-state index contributed by atoms with van der Waals surface area (Å²) in [6.07, 6.45) is 0.549. The number of piperazine rings is 1. The van der Waals surface area contributed by atoms with Gasteiger partial charge in [-0.25, -0.2) is 19.0 Å². The Morgan fingerprint density at radius 3 is 2.54 bits per heavy atom. The number of carbonyl (C=O) groups excluding carboxylic acids is 2. The molecule has 1 aliphatic heterocycles. The number of ether oxygens (including phenoxy) is 2.